The predicted molar refractivity (Wildman–Crippen MR) is 120 cm³/mol. The molecule has 1 aromatic rings. The molecule has 8 nitrogen and oxygen atoms in total. The molecule has 4 N–H and O–H groups in total. The molecule has 3 unspecified atom stereocenters. The van der Waals surface area contributed by atoms with Crippen molar-refractivity contribution < 1.29 is 41.7 Å². The van der Waals surface area contributed by atoms with Crippen LogP contribution in [0.3, 0.4) is 0 Å². The van der Waals surface area contributed by atoms with Crippen LogP contribution in [0.1, 0.15) is 44.9 Å². The molecular weight excluding hydrogens is 510 g/mol. The topological polar surface area (TPSA) is 109 Å². The van der Waals surface area contributed by atoms with Gasteiger partial charge in [0.1, 0.15) is 11.6 Å². The van der Waals surface area contributed by atoms with E-state index in [-0.39, 0.29) is 49.1 Å². The SMILES string of the molecule is O=C(COc1ccc(Cl)c(F)c1)NC12CCC(NC(=O)C3CCC(OC(F)(F)F)CN3)(CC1)CC2O. The number of aliphatic hydroxyl groups excluding tert-OH is 1. The van der Waals surface area contributed by atoms with Crippen molar-refractivity contribution in [3.05, 3.63) is 29.0 Å². The third kappa shape index (κ3) is 6.21. The number of halogens is 5. The normalized spacial score (nSPS) is 32.1. The highest BCUT2D eigenvalue weighted by molar-refractivity contribution is 6.30. The monoisotopic (exact) mass is 537 g/mol. The molecule has 2 bridgehead atoms. The Morgan fingerprint density at radius 2 is 1.89 bits per heavy atom. The fourth-order valence-corrected chi connectivity index (χ4v) is 5.50. The van der Waals surface area contributed by atoms with Crippen molar-refractivity contribution in [1.82, 2.24) is 16.0 Å². The predicted octanol–water partition coefficient (Wildman–Crippen LogP) is 2.56. The Morgan fingerprint density at radius 1 is 1.17 bits per heavy atom. The molecular formula is C23H28ClF4N3O5. The summed E-state index contributed by atoms with van der Waals surface area (Å²) >= 11 is 5.63. The lowest BCUT2D eigenvalue weighted by atomic mass is 9.59. The van der Waals surface area contributed by atoms with Crippen LogP contribution in [0.2, 0.25) is 5.02 Å². The van der Waals surface area contributed by atoms with Gasteiger partial charge in [-0.25, -0.2) is 4.39 Å². The second kappa shape index (κ2) is 10.3. The summed E-state index contributed by atoms with van der Waals surface area (Å²) in [6.07, 6.45) is -4.26. The average molecular weight is 538 g/mol. The van der Waals surface area contributed by atoms with Gasteiger partial charge in [0.05, 0.1) is 28.8 Å². The van der Waals surface area contributed by atoms with Crippen LogP contribution in [0.5, 0.6) is 5.75 Å². The van der Waals surface area contributed by atoms with Gasteiger partial charge >= 0.3 is 6.36 Å². The van der Waals surface area contributed by atoms with Crippen LogP contribution in [0, 0.1) is 5.82 Å². The van der Waals surface area contributed by atoms with E-state index in [9.17, 15) is 32.3 Å². The minimum Gasteiger partial charge on any atom is -0.484 e. The molecule has 200 valence electrons. The fraction of sp³-hybridized carbons (Fsp3) is 0.652. The number of hydrogen-bond acceptors (Lipinski definition) is 6. The van der Waals surface area contributed by atoms with E-state index >= 15 is 0 Å². The zero-order valence-corrected chi connectivity index (χ0v) is 20.1. The van der Waals surface area contributed by atoms with E-state index in [0.29, 0.717) is 25.7 Å². The summed E-state index contributed by atoms with van der Waals surface area (Å²) in [5, 5.41) is 19.5. The van der Waals surface area contributed by atoms with Crippen LogP contribution in [0.15, 0.2) is 18.2 Å². The fourth-order valence-electron chi connectivity index (χ4n) is 5.38. The molecule has 1 aliphatic heterocycles. The van der Waals surface area contributed by atoms with Gasteiger partial charge in [0, 0.05) is 18.2 Å². The van der Waals surface area contributed by atoms with Crippen molar-refractivity contribution >= 4 is 23.4 Å². The Balaban J connectivity index is 1.26. The van der Waals surface area contributed by atoms with E-state index in [1.165, 1.54) is 12.1 Å². The lowest BCUT2D eigenvalue weighted by molar-refractivity contribution is -0.343. The highest BCUT2D eigenvalue weighted by Gasteiger charge is 2.55. The van der Waals surface area contributed by atoms with Crippen LogP contribution < -0.4 is 20.7 Å². The largest absolute Gasteiger partial charge is 0.522 e. The maximum Gasteiger partial charge on any atom is 0.522 e. The summed E-state index contributed by atoms with van der Waals surface area (Å²) in [6, 6.07) is 3.19. The minimum atomic E-state index is -4.72. The zero-order valence-electron chi connectivity index (χ0n) is 19.3. The average Bonchev–Trinajstić information content (AvgIpc) is 2.80. The number of nitrogens with one attached hydrogen (secondary N) is 3. The quantitative estimate of drug-likeness (QED) is 0.398. The summed E-state index contributed by atoms with van der Waals surface area (Å²) in [6.45, 7) is -0.461. The molecule has 1 heterocycles. The lowest BCUT2D eigenvalue weighted by Crippen LogP contribution is -2.71. The number of benzene rings is 1. The number of carbonyl (C=O) groups excluding carboxylic acids is 2. The Hall–Kier alpha value is -2.15. The van der Waals surface area contributed by atoms with Crippen molar-refractivity contribution in [2.75, 3.05) is 13.2 Å². The van der Waals surface area contributed by atoms with E-state index in [4.69, 9.17) is 16.3 Å². The Morgan fingerprint density at radius 3 is 2.47 bits per heavy atom. The second-order valence-corrected chi connectivity index (χ2v) is 10.2. The van der Waals surface area contributed by atoms with Gasteiger partial charge in [-0.05, 0) is 57.1 Å². The molecule has 0 spiro atoms. The van der Waals surface area contributed by atoms with Gasteiger partial charge in [-0.1, -0.05) is 11.6 Å². The van der Waals surface area contributed by atoms with E-state index in [1.54, 1.807) is 0 Å². The van der Waals surface area contributed by atoms with Crippen molar-refractivity contribution in [3.63, 3.8) is 0 Å². The molecule has 0 radical (unpaired) electrons. The minimum absolute atomic E-state index is 0.0623. The summed E-state index contributed by atoms with van der Waals surface area (Å²) in [5.74, 6) is -1.31. The molecule has 36 heavy (non-hydrogen) atoms. The van der Waals surface area contributed by atoms with Gasteiger partial charge in [0.15, 0.2) is 6.61 Å². The maximum atomic E-state index is 13.5. The molecule has 13 heteroatoms. The van der Waals surface area contributed by atoms with Gasteiger partial charge in [-0.15, -0.1) is 13.2 Å². The molecule has 3 aliphatic carbocycles. The van der Waals surface area contributed by atoms with Crippen LogP contribution in [-0.2, 0) is 14.3 Å². The van der Waals surface area contributed by atoms with Crippen molar-refractivity contribution in [2.45, 2.75) is 80.6 Å². The Bertz CT molecular complexity index is 979. The van der Waals surface area contributed by atoms with Crippen LogP contribution in [0.25, 0.3) is 0 Å². The Kier molecular flexibility index (Phi) is 7.70. The number of fused-ring (bicyclic) bond motifs is 3. The standard InChI is InChI=1S/C23H28ClF4N3O5/c24-15-3-1-13(9-16(15)25)35-12-19(33)30-22-7-5-21(6-8-22,10-18(22)32)31-20(34)17-4-2-14(11-29-17)36-23(26,27)28/h1,3,9,14,17-18,29,32H,2,4-8,10-12H2,(H,30,33)(H,31,34). The van der Waals surface area contributed by atoms with Gasteiger partial charge in [-0.3, -0.25) is 14.3 Å². The van der Waals surface area contributed by atoms with Gasteiger partial charge in [0.2, 0.25) is 5.91 Å². The third-order valence-electron chi connectivity index (χ3n) is 7.35. The third-order valence-corrected chi connectivity index (χ3v) is 7.65. The smallest absolute Gasteiger partial charge is 0.484 e. The summed E-state index contributed by atoms with van der Waals surface area (Å²) in [4.78, 5) is 25.3. The van der Waals surface area contributed by atoms with Crippen LogP contribution in [0.4, 0.5) is 17.6 Å². The number of piperidine rings is 1. The number of aliphatic hydroxyl groups is 1. The van der Waals surface area contributed by atoms with Gasteiger partial charge < -0.3 is 25.8 Å². The lowest BCUT2D eigenvalue weighted by Gasteiger charge is -2.56. The molecule has 1 saturated heterocycles. The van der Waals surface area contributed by atoms with E-state index in [1.807, 2.05) is 0 Å². The summed E-state index contributed by atoms with van der Waals surface area (Å²) < 4.78 is 60.1. The molecule has 5 rings (SSSR count). The highest BCUT2D eigenvalue weighted by Crippen LogP contribution is 2.47. The van der Waals surface area contributed by atoms with Crippen molar-refractivity contribution in [3.8, 4) is 5.75 Å². The molecule has 1 aromatic carbocycles. The first-order valence-electron chi connectivity index (χ1n) is 11.8. The first-order chi connectivity index (χ1) is 16.9. The first kappa shape index (κ1) is 26.9. The molecule has 0 aromatic heterocycles. The molecule has 4 fully saturated rings. The van der Waals surface area contributed by atoms with Crippen LogP contribution in [-0.4, -0.2) is 65.8 Å². The van der Waals surface area contributed by atoms with Gasteiger partial charge in [0.25, 0.3) is 5.91 Å². The molecule has 3 atom stereocenters. The summed E-state index contributed by atoms with van der Waals surface area (Å²) in [5.41, 5.74) is -1.51. The number of amides is 2. The highest BCUT2D eigenvalue weighted by atomic mass is 35.5. The van der Waals surface area contributed by atoms with E-state index in [2.05, 4.69) is 20.7 Å². The second-order valence-electron chi connectivity index (χ2n) is 9.78. The van der Waals surface area contributed by atoms with Gasteiger partial charge in [-0.2, -0.15) is 0 Å². The number of alkyl halides is 3. The number of rotatable bonds is 7. The van der Waals surface area contributed by atoms with E-state index in [0.717, 1.165) is 6.07 Å². The molecule has 2 amide bonds. The Labute approximate surface area is 210 Å². The van der Waals surface area contributed by atoms with Crippen LogP contribution >= 0.6 is 11.6 Å². The number of ether oxygens (including phenoxy) is 2. The number of carbonyl (C=O) groups is 2. The molecule has 4 aliphatic rings. The molecule has 3 saturated carbocycles. The first-order valence-corrected chi connectivity index (χ1v) is 12.1. The maximum absolute atomic E-state index is 13.5. The zero-order chi connectivity index (χ0) is 26.1. The van der Waals surface area contributed by atoms with Crippen molar-refractivity contribution in [1.29, 1.82) is 0 Å². The summed E-state index contributed by atoms with van der Waals surface area (Å²) in [7, 11) is 0. The number of hydrogen-bond donors (Lipinski definition) is 4. The van der Waals surface area contributed by atoms with E-state index < -0.39 is 47.4 Å². The van der Waals surface area contributed by atoms with Crippen molar-refractivity contribution in [2.24, 2.45) is 0 Å².